The Bertz CT molecular complexity index is 1300. The van der Waals surface area contributed by atoms with E-state index in [1.54, 1.807) is 30.2 Å². The van der Waals surface area contributed by atoms with Gasteiger partial charge in [0.25, 0.3) is 11.8 Å². The maximum atomic E-state index is 14.7. The highest BCUT2D eigenvalue weighted by Gasteiger charge is 2.32. The fourth-order valence-electron chi connectivity index (χ4n) is 4.70. The molecule has 2 amide bonds. The van der Waals surface area contributed by atoms with E-state index >= 15 is 0 Å². The summed E-state index contributed by atoms with van der Waals surface area (Å²) in [6.45, 7) is 2.67. The first-order valence-electron chi connectivity index (χ1n) is 12.1. The van der Waals surface area contributed by atoms with Gasteiger partial charge < -0.3 is 21.3 Å². The lowest BCUT2D eigenvalue weighted by Crippen LogP contribution is -2.54. The van der Waals surface area contributed by atoms with Crippen molar-refractivity contribution in [3.63, 3.8) is 0 Å². The van der Waals surface area contributed by atoms with Gasteiger partial charge in [0.15, 0.2) is 11.5 Å². The Labute approximate surface area is 208 Å². The molecule has 2 fully saturated rings. The molecule has 2 aromatic heterocycles. The molecule has 0 unspecified atom stereocenters. The summed E-state index contributed by atoms with van der Waals surface area (Å²) in [5.74, 6) is -0.434. The molecule has 1 aliphatic heterocycles. The Balaban J connectivity index is 1.34. The van der Waals surface area contributed by atoms with Crippen molar-refractivity contribution in [2.24, 2.45) is 12.8 Å². The number of rotatable bonds is 7. The van der Waals surface area contributed by atoms with Crippen LogP contribution in [0.5, 0.6) is 0 Å². The molecule has 1 aliphatic carbocycles. The predicted molar refractivity (Wildman–Crippen MR) is 133 cm³/mol. The third kappa shape index (κ3) is 4.86. The molecule has 4 N–H and O–H groups in total. The van der Waals surface area contributed by atoms with Crippen LogP contribution in [0.4, 0.5) is 21.7 Å². The molecule has 3 aromatic rings. The van der Waals surface area contributed by atoms with Crippen LogP contribution in [0.2, 0.25) is 0 Å². The first-order chi connectivity index (χ1) is 17.3. The SMILES string of the molecule is C[C@@H]1[C@H](NC(=O)c2ccc(C3CC3)cc2F)CCCN1c1cnc(C(N)=O)c(Nc2cnn(C)c2)n1. The summed E-state index contributed by atoms with van der Waals surface area (Å²) in [6.07, 6.45) is 8.54. The minimum atomic E-state index is -0.702. The van der Waals surface area contributed by atoms with Crippen LogP contribution in [0.1, 0.15) is 64.9 Å². The molecular formula is C25H29FN8O2. The quantitative estimate of drug-likeness (QED) is 0.462. The minimum absolute atomic E-state index is 0.0160. The Hall–Kier alpha value is -4.02. The van der Waals surface area contributed by atoms with Gasteiger partial charge in [-0.15, -0.1) is 0 Å². The summed E-state index contributed by atoms with van der Waals surface area (Å²) in [5, 5.41) is 10.2. The molecule has 0 radical (unpaired) electrons. The van der Waals surface area contributed by atoms with E-state index in [1.165, 1.54) is 12.3 Å². The number of nitrogens with zero attached hydrogens (tertiary/aromatic N) is 5. The molecule has 1 saturated carbocycles. The lowest BCUT2D eigenvalue weighted by atomic mass is 9.96. The molecular weight excluding hydrogens is 463 g/mol. The summed E-state index contributed by atoms with van der Waals surface area (Å²) in [7, 11) is 1.78. The minimum Gasteiger partial charge on any atom is -0.364 e. The number of nitrogens with two attached hydrogens (primary N) is 1. The summed E-state index contributed by atoms with van der Waals surface area (Å²) >= 11 is 0. The molecule has 3 heterocycles. The molecule has 2 aliphatic rings. The van der Waals surface area contributed by atoms with Crippen molar-refractivity contribution in [3.05, 3.63) is 59.4 Å². The van der Waals surface area contributed by atoms with Gasteiger partial charge in [-0.2, -0.15) is 5.10 Å². The van der Waals surface area contributed by atoms with Crippen LogP contribution in [-0.2, 0) is 7.05 Å². The van der Waals surface area contributed by atoms with E-state index in [2.05, 4.69) is 25.7 Å². The molecule has 36 heavy (non-hydrogen) atoms. The van der Waals surface area contributed by atoms with Crippen LogP contribution in [0.25, 0.3) is 0 Å². The van der Waals surface area contributed by atoms with Gasteiger partial charge in [0, 0.05) is 31.9 Å². The Kier molecular flexibility index (Phi) is 6.29. The van der Waals surface area contributed by atoms with Gasteiger partial charge in [-0.25, -0.2) is 14.4 Å². The van der Waals surface area contributed by atoms with Gasteiger partial charge in [-0.05, 0) is 56.2 Å². The van der Waals surface area contributed by atoms with Crippen molar-refractivity contribution >= 4 is 29.1 Å². The number of aryl methyl sites for hydroxylation is 1. The number of nitrogens with one attached hydrogen (secondary N) is 2. The first kappa shape index (κ1) is 23.7. The van der Waals surface area contributed by atoms with Crippen LogP contribution < -0.4 is 21.3 Å². The van der Waals surface area contributed by atoms with E-state index in [4.69, 9.17) is 5.73 Å². The van der Waals surface area contributed by atoms with Crippen molar-refractivity contribution in [1.29, 1.82) is 0 Å². The highest BCUT2D eigenvalue weighted by molar-refractivity contribution is 5.96. The normalized spacial score (nSPS) is 19.7. The fraction of sp³-hybridized carbons (Fsp3) is 0.400. The lowest BCUT2D eigenvalue weighted by molar-refractivity contribution is 0.0919. The number of anilines is 3. The average molecular weight is 493 g/mol. The van der Waals surface area contributed by atoms with Crippen LogP contribution in [0, 0.1) is 5.82 Å². The molecule has 0 bridgehead atoms. The average Bonchev–Trinajstić information content (AvgIpc) is 3.62. The number of hydrogen-bond donors (Lipinski definition) is 3. The zero-order valence-corrected chi connectivity index (χ0v) is 20.2. The van der Waals surface area contributed by atoms with Crippen molar-refractivity contribution in [2.45, 2.75) is 50.6 Å². The maximum absolute atomic E-state index is 14.7. The second-order valence-corrected chi connectivity index (χ2v) is 9.49. The molecule has 0 spiro atoms. The van der Waals surface area contributed by atoms with Crippen LogP contribution in [-0.4, -0.2) is 50.2 Å². The number of amides is 2. The fourth-order valence-corrected chi connectivity index (χ4v) is 4.70. The smallest absolute Gasteiger partial charge is 0.271 e. The largest absolute Gasteiger partial charge is 0.364 e. The van der Waals surface area contributed by atoms with E-state index in [0.29, 0.717) is 24.0 Å². The number of carbonyl (C=O) groups excluding carboxylic acids is 2. The number of primary amides is 1. The summed E-state index contributed by atoms with van der Waals surface area (Å²) in [5.41, 5.74) is 7.17. The van der Waals surface area contributed by atoms with Gasteiger partial charge in [0.05, 0.1) is 23.6 Å². The monoisotopic (exact) mass is 492 g/mol. The van der Waals surface area contributed by atoms with E-state index in [-0.39, 0.29) is 29.2 Å². The van der Waals surface area contributed by atoms with Crippen molar-refractivity contribution in [3.8, 4) is 0 Å². The van der Waals surface area contributed by atoms with Gasteiger partial charge in [0.2, 0.25) is 0 Å². The molecule has 5 rings (SSSR count). The van der Waals surface area contributed by atoms with E-state index < -0.39 is 17.6 Å². The summed E-state index contributed by atoms with van der Waals surface area (Å²) in [6, 6.07) is 4.54. The zero-order chi connectivity index (χ0) is 25.4. The Morgan fingerprint density at radius 3 is 2.67 bits per heavy atom. The summed E-state index contributed by atoms with van der Waals surface area (Å²) in [4.78, 5) is 35.8. The van der Waals surface area contributed by atoms with E-state index in [9.17, 15) is 14.0 Å². The second-order valence-electron chi connectivity index (χ2n) is 9.49. The summed E-state index contributed by atoms with van der Waals surface area (Å²) < 4.78 is 16.3. The van der Waals surface area contributed by atoms with Gasteiger partial charge in [-0.3, -0.25) is 14.3 Å². The first-order valence-corrected chi connectivity index (χ1v) is 12.1. The molecule has 2 atom stereocenters. The third-order valence-electron chi connectivity index (χ3n) is 6.85. The highest BCUT2D eigenvalue weighted by atomic mass is 19.1. The van der Waals surface area contributed by atoms with Crippen LogP contribution >= 0.6 is 0 Å². The van der Waals surface area contributed by atoms with Crippen LogP contribution in [0.3, 0.4) is 0 Å². The molecule has 1 saturated heterocycles. The Morgan fingerprint density at radius 2 is 2.00 bits per heavy atom. The molecule has 10 nitrogen and oxygen atoms in total. The number of benzene rings is 1. The second kappa shape index (κ2) is 9.56. The Morgan fingerprint density at radius 1 is 1.19 bits per heavy atom. The molecule has 188 valence electrons. The lowest BCUT2D eigenvalue weighted by Gasteiger charge is -2.40. The van der Waals surface area contributed by atoms with Gasteiger partial charge >= 0.3 is 0 Å². The third-order valence-corrected chi connectivity index (χ3v) is 6.85. The molecule has 1 aromatic carbocycles. The van der Waals surface area contributed by atoms with Crippen LogP contribution in [0.15, 0.2) is 36.8 Å². The van der Waals surface area contributed by atoms with Crippen molar-refractivity contribution in [2.75, 3.05) is 16.8 Å². The highest BCUT2D eigenvalue weighted by Crippen LogP contribution is 2.40. The molecule has 11 heteroatoms. The van der Waals surface area contributed by atoms with E-state index in [0.717, 1.165) is 31.2 Å². The van der Waals surface area contributed by atoms with E-state index in [1.807, 2.05) is 17.9 Å². The van der Waals surface area contributed by atoms with Gasteiger partial charge in [0.1, 0.15) is 11.6 Å². The number of piperidine rings is 1. The predicted octanol–water partition coefficient (Wildman–Crippen LogP) is 2.86. The topological polar surface area (TPSA) is 131 Å². The number of carbonyl (C=O) groups is 2. The van der Waals surface area contributed by atoms with Crippen molar-refractivity contribution in [1.82, 2.24) is 25.1 Å². The van der Waals surface area contributed by atoms with Gasteiger partial charge in [-0.1, -0.05) is 6.07 Å². The standard InChI is InChI=1S/C25H29FN8O2/c1-14-20(31-25(36)18-8-7-16(10-19(18)26)15-5-6-15)4-3-9-34(14)21-12-28-22(23(27)35)24(32-21)30-17-11-29-33(2)13-17/h7-8,10-15,20H,3-6,9H2,1-2H3,(H2,27,35)(H,30,32)(H,31,36)/t14-,20-/m1/s1. The van der Waals surface area contributed by atoms with Crippen molar-refractivity contribution < 1.29 is 14.0 Å². The zero-order valence-electron chi connectivity index (χ0n) is 20.2. The number of aromatic nitrogens is 4. The maximum Gasteiger partial charge on any atom is 0.271 e. The number of halogens is 1. The number of hydrogen-bond acceptors (Lipinski definition) is 7.